The molecule has 244 valence electrons. The SMILES string of the molecule is CCc1cc(C[C@@H](OC(=O)N2CCC(N3Cc4sccc4NC3=O)CC2)C(=O)N2CCN(C3CCNCC3)CC2)cc(Cl)c1N. The van der Waals surface area contributed by atoms with Gasteiger partial charge < -0.3 is 35.8 Å². The smallest absolute Gasteiger partial charge is 0.410 e. The molecule has 5 heterocycles. The summed E-state index contributed by atoms with van der Waals surface area (Å²) in [5.41, 5.74) is 9.33. The number of likely N-dealkylation sites (tertiary alicyclic amines) is 1. The molecule has 4 N–H and O–H groups in total. The highest BCUT2D eigenvalue weighted by Crippen LogP contribution is 2.32. The number of anilines is 2. The third kappa shape index (κ3) is 7.19. The lowest BCUT2D eigenvalue weighted by Crippen LogP contribution is -2.56. The van der Waals surface area contributed by atoms with Crippen molar-refractivity contribution in [2.45, 2.75) is 70.2 Å². The first-order valence-corrected chi connectivity index (χ1v) is 17.5. The summed E-state index contributed by atoms with van der Waals surface area (Å²) in [7, 11) is 0. The van der Waals surface area contributed by atoms with E-state index in [4.69, 9.17) is 22.1 Å². The quantitative estimate of drug-likeness (QED) is 0.385. The number of fused-ring (bicyclic) bond motifs is 1. The molecule has 13 heteroatoms. The summed E-state index contributed by atoms with van der Waals surface area (Å²) >= 11 is 8.09. The molecule has 1 atom stereocenters. The number of thiophene rings is 1. The molecule has 0 unspecified atom stereocenters. The maximum absolute atomic E-state index is 14.0. The number of aryl methyl sites for hydroxylation is 1. The zero-order valence-electron chi connectivity index (χ0n) is 25.9. The van der Waals surface area contributed by atoms with E-state index in [-0.39, 0.29) is 24.4 Å². The van der Waals surface area contributed by atoms with E-state index in [1.165, 1.54) is 0 Å². The molecule has 0 saturated carbocycles. The molecule has 3 saturated heterocycles. The average Bonchev–Trinajstić information content (AvgIpc) is 3.53. The summed E-state index contributed by atoms with van der Waals surface area (Å²) in [6.45, 7) is 8.40. The summed E-state index contributed by atoms with van der Waals surface area (Å²) < 4.78 is 6.04. The summed E-state index contributed by atoms with van der Waals surface area (Å²) in [5, 5.41) is 8.83. The normalized spacial score (nSPS) is 20.9. The molecule has 4 amide bonds. The first-order chi connectivity index (χ1) is 21.8. The Labute approximate surface area is 274 Å². The molecule has 4 aliphatic heterocycles. The molecular weight excluding hydrogens is 614 g/mol. The van der Waals surface area contributed by atoms with Gasteiger partial charge in [0.25, 0.3) is 5.91 Å². The summed E-state index contributed by atoms with van der Waals surface area (Å²) in [5.74, 6) is -0.175. The fourth-order valence-corrected chi connectivity index (χ4v) is 8.15. The lowest BCUT2D eigenvalue weighted by molar-refractivity contribution is -0.143. The van der Waals surface area contributed by atoms with Gasteiger partial charge in [-0.25, -0.2) is 9.59 Å². The topological polar surface area (TPSA) is 123 Å². The summed E-state index contributed by atoms with van der Waals surface area (Å²) in [6, 6.07) is 6.14. The van der Waals surface area contributed by atoms with Crippen LogP contribution in [0.5, 0.6) is 0 Å². The average molecular weight is 658 g/mol. The van der Waals surface area contributed by atoms with Gasteiger partial charge in [0, 0.05) is 62.7 Å². The Morgan fingerprint density at radius 1 is 1.04 bits per heavy atom. The van der Waals surface area contributed by atoms with E-state index in [1.807, 2.05) is 34.2 Å². The van der Waals surface area contributed by atoms with Crippen LogP contribution in [0, 0.1) is 0 Å². The van der Waals surface area contributed by atoms with Gasteiger partial charge in [-0.05, 0) is 73.8 Å². The highest BCUT2D eigenvalue weighted by Gasteiger charge is 2.37. The standard InChI is InChI=1S/C32H44ClN7O4S/c1-2-22-17-21(18-25(33)29(22)34)19-27(30(41)38-14-12-37(13-15-38)23-3-8-35-9-4-23)44-32(43)39-10-5-24(6-11-39)40-20-28-26(7-16-45-28)36-31(40)42/h7,16-18,23-24,27,35H,2-6,8-15,19-20,34H2,1H3,(H,36,42)/t27-/m1/s1. The van der Waals surface area contributed by atoms with Crippen molar-refractivity contribution in [1.29, 1.82) is 0 Å². The largest absolute Gasteiger partial charge is 0.436 e. The van der Waals surface area contributed by atoms with E-state index in [2.05, 4.69) is 15.5 Å². The number of rotatable bonds is 7. The van der Waals surface area contributed by atoms with Gasteiger partial charge >= 0.3 is 12.1 Å². The maximum atomic E-state index is 14.0. The fraction of sp³-hybridized carbons (Fsp3) is 0.594. The second-order valence-electron chi connectivity index (χ2n) is 12.5. The van der Waals surface area contributed by atoms with Crippen molar-refractivity contribution in [2.75, 3.05) is 63.4 Å². The van der Waals surface area contributed by atoms with E-state index >= 15 is 0 Å². The highest BCUT2D eigenvalue weighted by atomic mass is 35.5. The van der Waals surface area contributed by atoms with Crippen LogP contribution in [0.25, 0.3) is 0 Å². The number of carbonyl (C=O) groups is 3. The second-order valence-corrected chi connectivity index (χ2v) is 13.9. The number of hydrogen-bond acceptors (Lipinski definition) is 8. The minimum absolute atomic E-state index is 0.0300. The predicted molar refractivity (Wildman–Crippen MR) is 177 cm³/mol. The number of hydrogen-bond donors (Lipinski definition) is 3. The monoisotopic (exact) mass is 657 g/mol. The Kier molecular flexibility index (Phi) is 10.0. The zero-order chi connectivity index (χ0) is 31.5. The minimum Gasteiger partial charge on any atom is -0.436 e. The maximum Gasteiger partial charge on any atom is 0.410 e. The Hall–Kier alpha value is -3.06. The second kappa shape index (κ2) is 14.1. The molecule has 11 nitrogen and oxygen atoms in total. The number of urea groups is 1. The van der Waals surface area contributed by atoms with Crippen molar-refractivity contribution in [3.8, 4) is 0 Å². The van der Waals surface area contributed by atoms with Crippen molar-refractivity contribution < 1.29 is 19.1 Å². The highest BCUT2D eigenvalue weighted by molar-refractivity contribution is 7.10. The van der Waals surface area contributed by atoms with Crippen molar-refractivity contribution >= 4 is 52.3 Å². The van der Waals surface area contributed by atoms with Crippen molar-refractivity contribution in [2.24, 2.45) is 0 Å². The number of ether oxygens (including phenoxy) is 1. The number of nitrogen functional groups attached to an aromatic ring is 1. The van der Waals surface area contributed by atoms with E-state index < -0.39 is 12.2 Å². The zero-order valence-corrected chi connectivity index (χ0v) is 27.5. The van der Waals surface area contributed by atoms with Gasteiger partial charge in [0.1, 0.15) is 0 Å². The molecule has 45 heavy (non-hydrogen) atoms. The molecule has 1 aromatic heterocycles. The molecule has 1 aromatic carbocycles. The van der Waals surface area contributed by atoms with Crippen LogP contribution in [0.3, 0.4) is 0 Å². The molecule has 3 fully saturated rings. The lowest BCUT2D eigenvalue weighted by atomic mass is 10.0. The van der Waals surface area contributed by atoms with Gasteiger partial charge in [-0.15, -0.1) is 11.3 Å². The number of carbonyl (C=O) groups excluding carboxylic acids is 3. The first kappa shape index (κ1) is 31.9. The number of nitrogens with two attached hydrogens (primary N) is 1. The molecule has 6 rings (SSSR count). The molecule has 4 aliphatic rings. The van der Waals surface area contributed by atoms with Crippen LogP contribution in [0.4, 0.5) is 21.0 Å². The van der Waals surface area contributed by atoms with E-state index in [0.717, 1.165) is 60.7 Å². The molecule has 0 spiro atoms. The van der Waals surface area contributed by atoms with E-state index in [1.54, 1.807) is 22.3 Å². The third-order valence-corrected chi connectivity index (χ3v) is 11.0. The van der Waals surface area contributed by atoms with Crippen LogP contribution in [-0.4, -0.2) is 108 Å². The van der Waals surface area contributed by atoms with Crippen LogP contribution in [0.1, 0.15) is 48.6 Å². The van der Waals surface area contributed by atoms with Crippen LogP contribution < -0.4 is 16.4 Å². The van der Waals surface area contributed by atoms with Crippen molar-refractivity contribution in [1.82, 2.24) is 24.9 Å². The van der Waals surface area contributed by atoms with Gasteiger partial charge in [-0.2, -0.15) is 0 Å². The lowest BCUT2D eigenvalue weighted by Gasteiger charge is -2.42. The summed E-state index contributed by atoms with van der Waals surface area (Å²) in [6.07, 6.45) is 2.99. The number of benzene rings is 1. The molecule has 0 aliphatic carbocycles. The summed E-state index contributed by atoms with van der Waals surface area (Å²) in [4.78, 5) is 49.3. The predicted octanol–water partition coefficient (Wildman–Crippen LogP) is 4.00. The Morgan fingerprint density at radius 2 is 1.78 bits per heavy atom. The number of halogens is 1. The van der Waals surface area contributed by atoms with Gasteiger partial charge in [0.05, 0.1) is 22.9 Å². The minimum atomic E-state index is -0.977. The van der Waals surface area contributed by atoms with Gasteiger partial charge in [0.15, 0.2) is 6.10 Å². The Bertz CT molecular complexity index is 1380. The molecule has 2 aromatic rings. The van der Waals surface area contributed by atoms with Gasteiger partial charge in [0.2, 0.25) is 0 Å². The number of nitrogens with one attached hydrogen (secondary N) is 2. The number of piperidine rings is 2. The molecule has 0 radical (unpaired) electrons. The van der Waals surface area contributed by atoms with Gasteiger partial charge in [-0.3, -0.25) is 9.69 Å². The number of amides is 4. The molecule has 0 bridgehead atoms. The van der Waals surface area contributed by atoms with E-state index in [9.17, 15) is 14.4 Å². The number of piperazine rings is 1. The van der Waals surface area contributed by atoms with Crippen LogP contribution >= 0.6 is 22.9 Å². The molecular formula is C32H44ClN7O4S. The fourth-order valence-electron chi connectivity index (χ4n) is 7.06. The first-order valence-electron chi connectivity index (χ1n) is 16.2. The third-order valence-electron chi connectivity index (χ3n) is 9.77. The number of nitrogens with zero attached hydrogens (tertiary/aromatic N) is 4. The van der Waals surface area contributed by atoms with Crippen LogP contribution in [0.15, 0.2) is 23.6 Å². The van der Waals surface area contributed by atoms with Gasteiger partial charge in [-0.1, -0.05) is 24.6 Å². The van der Waals surface area contributed by atoms with Crippen LogP contribution in [-0.2, 0) is 28.9 Å². The van der Waals surface area contributed by atoms with Crippen molar-refractivity contribution in [3.05, 3.63) is 44.6 Å². The van der Waals surface area contributed by atoms with E-state index in [0.29, 0.717) is 68.7 Å². The Balaban J connectivity index is 1.10. The van der Waals surface area contributed by atoms with Crippen LogP contribution in [0.2, 0.25) is 5.02 Å². The Morgan fingerprint density at radius 3 is 2.49 bits per heavy atom. The van der Waals surface area contributed by atoms with Crippen molar-refractivity contribution in [3.63, 3.8) is 0 Å².